The van der Waals surface area contributed by atoms with E-state index < -0.39 is 0 Å². The van der Waals surface area contributed by atoms with Gasteiger partial charge in [0.05, 0.1) is 23.7 Å². The molecular weight excluding hydrogens is 336 g/mol. The van der Waals surface area contributed by atoms with Gasteiger partial charge in [0.1, 0.15) is 0 Å². The van der Waals surface area contributed by atoms with Crippen LogP contribution < -0.4 is 15.4 Å². The molecule has 0 fully saturated rings. The second-order valence-corrected chi connectivity index (χ2v) is 6.68. The number of aromatic nitrogens is 2. The van der Waals surface area contributed by atoms with Crippen molar-refractivity contribution in [2.24, 2.45) is 0 Å². The summed E-state index contributed by atoms with van der Waals surface area (Å²) in [4.78, 5) is 8.74. The average molecular weight is 360 g/mol. The zero-order valence-corrected chi connectivity index (χ0v) is 15.3. The lowest BCUT2D eigenvalue weighted by molar-refractivity contribution is 0.286. The molecule has 1 aromatic carbocycles. The summed E-state index contributed by atoms with van der Waals surface area (Å²) in [6.07, 6.45) is 5.71. The van der Waals surface area contributed by atoms with Crippen LogP contribution in [-0.2, 0) is 26.1 Å². The zero-order chi connectivity index (χ0) is 18.3. The summed E-state index contributed by atoms with van der Waals surface area (Å²) < 4.78 is 5.80. The van der Waals surface area contributed by atoms with Gasteiger partial charge in [-0.2, -0.15) is 0 Å². The third kappa shape index (κ3) is 4.63. The smallest absolute Gasteiger partial charge is 0.163 e. The Bertz CT molecular complexity index is 865. The highest BCUT2D eigenvalue weighted by Gasteiger charge is 2.15. The minimum absolute atomic E-state index is 0.765. The van der Waals surface area contributed by atoms with Gasteiger partial charge in [-0.05, 0) is 42.2 Å². The number of hydrogen-bond acceptors (Lipinski definition) is 5. The predicted molar refractivity (Wildman–Crippen MR) is 107 cm³/mol. The van der Waals surface area contributed by atoms with Crippen molar-refractivity contribution in [3.63, 3.8) is 0 Å². The molecule has 3 aromatic rings. The number of hydrogen-bond donors (Lipinski definition) is 2. The van der Waals surface area contributed by atoms with Crippen LogP contribution in [0.3, 0.4) is 0 Å². The maximum Gasteiger partial charge on any atom is 0.163 e. The summed E-state index contributed by atoms with van der Waals surface area (Å²) in [5, 5.41) is 6.91. The van der Waals surface area contributed by atoms with Gasteiger partial charge >= 0.3 is 0 Å². The molecule has 0 bridgehead atoms. The molecule has 1 aliphatic rings. The van der Waals surface area contributed by atoms with Gasteiger partial charge in [-0.15, -0.1) is 0 Å². The van der Waals surface area contributed by atoms with Gasteiger partial charge < -0.3 is 15.4 Å². The summed E-state index contributed by atoms with van der Waals surface area (Å²) in [6, 6.07) is 16.6. The van der Waals surface area contributed by atoms with E-state index in [4.69, 9.17) is 4.74 Å². The Kier molecular flexibility index (Phi) is 5.60. The number of anilines is 1. The number of nitrogens with one attached hydrogen (secondary N) is 2. The highest BCUT2D eigenvalue weighted by atomic mass is 16.5. The number of nitrogens with zero attached hydrogens (tertiary/aromatic N) is 2. The van der Waals surface area contributed by atoms with Crippen LogP contribution in [0, 0.1) is 0 Å². The molecular formula is C22H24N4O. The fraction of sp³-hybridized carbons (Fsp3) is 0.273. The number of aryl methyl sites for hydroxylation is 1. The van der Waals surface area contributed by atoms with Gasteiger partial charge in [0.25, 0.3) is 0 Å². The van der Waals surface area contributed by atoms with Gasteiger partial charge in [0.15, 0.2) is 5.75 Å². The van der Waals surface area contributed by atoms with Crippen molar-refractivity contribution in [3.8, 4) is 5.75 Å². The van der Waals surface area contributed by atoms with Crippen LogP contribution in [0.5, 0.6) is 5.75 Å². The normalized spacial score (nSPS) is 12.9. The zero-order valence-electron chi connectivity index (χ0n) is 15.3. The van der Waals surface area contributed by atoms with E-state index in [1.165, 1.54) is 11.1 Å². The maximum atomic E-state index is 5.80. The van der Waals surface area contributed by atoms with Crippen molar-refractivity contribution >= 4 is 5.69 Å². The fourth-order valence-electron chi connectivity index (χ4n) is 3.19. The molecule has 5 nitrogen and oxygen atoms in total. The predicted octanol–water partition coefficient (Wildman–Crippen LogP) is 3.70. The maximum absolute atomic E-state index is 5.80. The Labute approximate surface area is 159 Å². The van der Waals surface area contributed by atoms with Crippen molar-refractivity contribution in [1.29, 1.82) is 0 Å². The number of benzene rings is 1. The van der Waals surface area contributed by atoms with E-state index in [0.717, 1.165) is 61.9 Å². The lowest BCUT2D eigenvalue weighted by Crippen LogP contribution is -2.13. The van der Waals surface area contributed by atoms with Gasteiger partial charge in [0.2, 0.25) is 0 Å². The van der Waals surface area contributed by atoms with Crippen LogP contribution in [0.25, 0.3) is 0 Å². The number of pyridine rings is 2. The highest BCUT2D eigenvalue weighted by molar-refractivity contribution is 5.58. The molecule has 0 spiro atoms. The summed E-state index contributed by atoms with van der Waals surface area (Å²) in [7, 11) is 0. The Morgan fingerprint density at radius 3 is 2.52 bits per heavy atom. The minimum atomic E-state index is 0.765. The van der Waals surface area contributed by atoms with Crippen molar-refractivity contribution in [1.82, 2.24) is 15.3 Å². The molecule has 2 aromatic heterocycles. The molecule has 0 radical (unpaired) electrons. The molecule has 0 saturated heterocycles. The molecule has 1 aliphatic heterocycles. The van der Waals surface area contributed by atoms with E-state index in [1.54, 1.807) is 0 Å². The molecule has 0 aliphatic carbocycles. The molecule has 4 rings (SSSR count). The molecule has 27 heavy (non-hydrogen) atoms. The van der Waals surface area contributed by atoms with E-state index >= 15 is 0 Å². The molecule has 0 saturated carbocycles. The highest BCUT2D eigenvalue weighted by Crippen LogP contribution is 2.31. The topological polar surface area (TPSA) is 59.1 Å². The molecule has 0 unspecified atom stereocenters. The molecule has 3 heterocycles. The van der Waals surface area contributed by atoms with Gasteiger partial charge in [-0.25, -0.2) is 0 Å². The monoisotopic (exact) mass is 360 g/mol. The fourth-order valence-corrected chi connectivity index (χ4v) is 3.19. The Morgan fingerprint density at radius 1 is 0.852 bits per heavy atom. The number of ether oxygens (including phenoxy) is 1. The molecule has 138 valence electrons. The van der Waals surface area contributed by atoms with Crippen LogP contribution in [0.2, 0.25) is 0 Å². The number of rotatable bonds is 7. The van der Waals surface area contributed by atoms with E-state index in [9.17, 15) is 0 Å². The molecule has 2 N–H and O–H groups in total. The van der Waals surface area contributed by atoms with Crippen LogP contribution in [0.15, 0.2) is 60.9 Å². The van der Waals surface area contributed by atoms with Crippen LogP contribution >= 0.6 is 0 Å². The summed E-state index contributed by atoms with van der Waals surface area (Å²) in [6.45, 7) is 3.14. The summed E-state index contributed by atoms with van der Waals surface area (Å²) in [5.41, 5.74) is 5.65. The SMILES string of the molecule is c1ccc(CNCc2ccc(CNc3ccnc4c3OCCC4)cc2)nc1. The molecule has 5 heteroatoms. The Morgan fingerprint density at radius 2 is 1.70 bits per heavy atom. The second-order valence-electron chi connectivity index (χ2n) is 6.68. The van der Waals surface area contributed by atoms with E-state index in [0.29, 0.717) is 0 Å². The largest absolute Gasteiger partial charge is 0.489 e. The molecule has 0 amide bonds. The summed E-state index contributed by atoms with van der Waals surface area (Å²) in [5.74, 6) is 0.916. The first-order valence-electron chi connectivity index (χ1n) is 9.41. The minimum Gasteiger partial charge on any atom is -0.489 e. The van der Waals surface area contributed by atoms with Crippen molar-refractivity contribution in [2.45, 2.75) is 32.5 Å². The average Bonchev–Trinajstić information content (AvgIpc) is 2.74. The van der Waals surface area contributed by atoms with Gasteiger partial charge in [0, 0.05) is 32.0 Å². The van der Waals surface area contributed by atoms with Gasteiger partial charge in [-0.3, -0.25) is 9.97 Å². The third-order valence-electron chi connectivity index (χ3n) is 4.65. The Balaban J connectivity index is 1.29. The van der Waals surface area contributed by atoms with E-state index in [1.807, 2.05) is 36.7 Å². The van der Waals surface area contributed by atoms with E-state index in [-0.39, 0.29) is 0 Å². The lowest BCUT2D eigenvalue weighted by Gasteiger charge is -2.20. The quantitative estimate of drug-likeness (QED) is 0.673. The third-order valence-corrected chi connectivity index (χ3v) is 4.65. The van der Waals surface area contributed by atoms with Gasteiger partial charge in [-0.1, -0.05) is 30.3 Å². The van der Waals surface area contributed by atoms with Crippen LogP contribution in [-0.4, -0.2) is 16.6 Å². The van der Waals surface area contributed by atoms with E-state index in [2.05, 4.69) is 44.9 Å². The number of fused-ring (bicyclic) bond motifs is 1. The van der Waals surface area contributed by atoms with Crippen molar-refractivity contribution in [3.05, 3.63) is 83.4 Å². The van der Waals surface area contributed by atoms with Crippen molar-refractivity contribution < 1.29 is 4.74 Å². The first-order valence-corrected chi connectivity index (χ1v) is 9.41. The lowest BCUT2D eigenvalue weighted by atomic mass is 10.1. The first-order chi connectivity index (χ1) is 13.4. The Hall–Kier alpha value is -2.92. The summed E-state index contributed by atoms with van der Waals surface area (Å²) >= 11 is 0. The molecule has 0 atom stereocenters. The second kappa shape index (κ2) is 8.64. The standard InChI is InChI=1S/C22H24N4O/c1-2-11-24-19(4-1)16-23-14-17-6-8-18(9-7-17)15-26-21-10-12-25-20-5-3-13-27-22(20)21/h1-2,4,6-12,23H,3,5,13-16H2,(H,25,26). The van der Waals surface area contributed by atoms with Crippen LogP contribution in [0.4, 0.5) is 5.69 Å². The van der Waals surface area contributed by atoms with Crippen molar-refractivity contribution in [2.75, 3.05) is 11.9 Å². The van der Waals surface area contributed by atoms with Crippen LogP contribution in [0.1, 0.15) is 28.9 Å². The first kappa shape index (κ1) is 17.5.